The first-order chi connectivity index (χ1) is 20.0. The molecular formula is C20H22F2N9O10P. The lowest BCUT2D eigenvalue weighted by molar-refractivity contribution is -0.0600. The lowest BCUT2D eigenvalue weighted by atomic mass is 10.1. The summed E-state index contributed by atoms with van der Waals surface area (Å²) in [5.74, 6) is -0.303. The van der Waals surface area contributed by atoms with Gasteiger partial charge in [-0.2, -0.15) is 4.98 Å². The maximum Gasteiger partial charge on any atom is 0.472 e. The molecule has 2 fully saturated rings. The summed E-state index contributed by atoms with van der Waals surface area (Å²) in [6.07, 6.45) is -11.0. The van der Waals surface area contributed by atoms with Crippen LogP contribution in [0.2, 0.25) is 0 Å². The normalized spacial score (nSPS) is 31.3. The van der Waals surface area contributed by atoms with Gasteiger partial charge in [0, 0.05) is 0 Å². The zero-order valence-corrected chi connectivity index (χ0v) is 21.8. The van der Waals surface area contributed by atoms with E-state index in [2.05, 4.69) is 29.9 Å². The Labute approximate surface area is 230 Å². The van der Waals surface area contributed by atoms with Gasteiger partial charge >= 0.3 is 7.82 Å². The Bertz CT molecular complexity index is 1800. The molecule has 226 valence electrons. The van der Waals surface area contributed by atoms with Crippen molar-refractivity contribution in [1.29, 1.82) is 0 Å². The van der Waals surface area contributed by atoms with Crippen LogP contribution in [0.25, 0.3) is 22.3 Å². The third-order valence-electron chi connectivity index (χ3n) is 6.76. The number of aromatic nitrogens is 8. The van der Waals surface area contributed by atoms with Gasteiger partial charge in [0.25, 0.3) is 11.1 Å². The molecule has 6 heterocycles. The SMILES string of the molecule is Nc1nc2c(ncn2[C@@H]2O[C@H](CO)[C@@H](F)[C@H]2OP(=O)(O)OC[C@H]2O[C@H](n3cnc4c(=O)[nH]cnc43)[C@@H](F)[C@@H]2O)c(=O)[nH]1. The molecule has 0 spiro atoms. The Balaban J connectivity index is 1.19. The number of nitrogen functional groups attached to an aromatic ring is 1. The van der Waals surface area contributed by atoms with Crippen LogP contribution in [0.1, 0.15) is 12.5 Å². The van der Waals surface area contributed by atoms with Gasteiger partial charge in [0.05, 0.1) is 32.2 Å². The predicted molar refractivity (Wildman–Crippen MR) is 132 cm³/mol. The van der Waals surface area contributed by atoms with Gasteiger partial charge in [0.2, 0.25) is 5.95 Å². The zero-order chi connectivity index (χ0) is 29.9. The van der Waals surface area contributed by atoms with E-state index in [1.807, 2.05) is 0 Å². The molecule has 0 aliphatic carbocycles. The van der Waals surface area contributed by atoms with E-state index < -0.39 is 81.4 Å². The fraction of sp³-hybridized carbons (Fsp3) is 0.500. The second-order valence-electron chi connectivity index (χ2n) is 9.36. The van der Waals surface area contributed by atoms with Crippen molar-refractivity contribution in [3.63, 3.8) is 0 Å². The number of phosphoric ester groups is 1. The lowest BCUT2D eigenvalue weighted by Gasteiger charge is -2.24. The van der Waals surface area contributed by atoms with Crippen LogP contribution in [0.3, 0.4) is 0 Å². The predicted octanol–water partition coefficient (Wildman–Crippen LogP) is -1.84. The van der Waals surface area contributed by atoms with Crippen LogP contribution in [-0.2, 0) is 23.1 Å². The van der Waals surface area contributed by atoms with Crippen LogP contribution in [0.5, 0.6) is 0 Å². The van der Waals surface area contributed by atoms with Crippen LogP contribution in [0.4, 0.5) is 14.7 Å². The molecule has 0 saturated carbocycles. The van der Waals surface area contributed by atoms with Crippen molar-refractivity contribution in [2.24, 2.45) is 0 Å². The van der Waals surface area contributed by atoms with Gasteiger partial charge in [-0.15, -0.1) is 0 Å². The minimum atomic E-state index is -5.20. The fourth-order valence-electron chi connectivity index (χ4n) is 4.77. The molecular weight excluding hydrogens is 595 g/mol. The van der Waals surface area contributed by atoms with Gasteiger partial charge in [0.15, 0.2) is 47.1 Å². The van der Waals surface area contributed by atoms with E-state index in [9.17, 15) is 29.3 Å². The maximum absolute atomic E-state index is 15.2. The van der Waals surface area contributed by atoms with Gasteiger partial charge in [-0.05, 0) is 0 Å². The van der Waals surface area contributed by atoms with Crippen molar-refractivity contribution in [2.45, 2.75) is 49.2 Å². The Kier molecular flexibility index (Phi) is 7.14. The average Bonchev–Trinajstić information content (AvgIpc) is 3.69. The molecule has 2 saturated heterocycles. The number of halogens is 2. The highest BCUT2D eigenvalue weighted by Gasteiger charge is 2.51. The molecule has 4 aromatic rings. The van der Waals surface area contributed by atoms with E-state index in [-0.39, 0.29) is 28.3 Å². The summed E-state index contributed by atoms with van der Waals surface area (Å²) >= 11 is 0. The maximum atomic E-state index is 15.2. The number of aromatic amines is 2. The van der Waals surface area contributed by atoms with Crippen LogP contribution >= 0.6 is 7.82 Å². The van der Waals surface area contributed by atoms with Crippen LogP contribution < -0.4 is 16.9 Å². The number of aliphatic hydroxyl groups is 2. The molecule has 6 rings (SSSR count). The Morgan fingerprint density at radius 1 is 1.02 bits per heavy atom. The van der Waals surface area contributed by atoms with E-state index in [0.717, 1.165) is 28.1 Å². The highest BCUT2D eigenvalue weighted by Crippen LogP contribution is 2.50. The first kappa shape index (κ1) is 28.4. The molecule has 9 atom stereocenters. The molecule has 1 unspecified atom stereocenters. The first-order valence-electron chi connectivity index (χ1n) is 12.2. The molecule has 4 aromatic heterocycles. The number of aliphatic hydroxyl groups excluding tert-OH is 2. The minimum Gasteiger partial charge on any atom is -0.394 e. The first-order valence-corrected chi connectivity index (χ1v) is 13.6. The zero-order valence-electron chi connectivity index (χ0n) is 20.9. The molecule has 0 aromatic carbocycles. The van der Waals surface area contributed by atoms with Crippen molar-refractivity contribution in [3.05, 3.63) is 39.7 Å². The van der Waals surface area contributed by atoms with Gasteiger partial charge in [-0.1, -0.05) is 0 Å². The summed E-state index contributed by atoms with van der Waals surface area (Å²) in [6.45, 7) is -1.74. The van der Waals surface area contributed by atoms with E-state index in [1.165, 1.54) is 0 Å². The quantitative estimate of drug-likeness (QED) is 0.119. The van der Waals surface area contributed by atoms with Crippen molar-refractivity contribution in [2.75, 3.05) is 18.9 Å². The molecule has 2 aliphatic heterocycles. The van der Waals surface area contributed by atoms with Crippen LogP contribution in [0, 0.1) is 0 Å². The Morgan fingerprint density at radius 3 is 2.40 bits per heavy atom. The number of imidazole rings is 2. The number of ether oxygens (including phenoxy) is 2. The second kappa shape index (κ2) is 10.5. The van der Waals surface area contributed by atoms with Gasteiger partial charge < -0.3 is 35.3 Å². The summed E-state index contributed by atoms with van der Waals surface area (Å²) in [5, 5.41) is 19.9. The van der Waals surface area contributed by atoms with Crippen molar-refractivity contribution >= 4 is 36.1 Å². The Hall–Kier alpha value is -3.69. The smallest absolute Gasteiger partial charge is 0.394 e. The molecule has 0 radical (unpaired) electrons. The number of fused-ring (bicyclic) bond motifs is 2. The van der Waals surface area contributed by atoms with Gasteiger partial charge in [0.1, 0.15) is 24.4 Å². The van der Waals surface area contributed by atoms with Gasteiger partial charge in [-0.25, -0.2) is 28.3 Å². The monoisotopic (exact) mass is 617 g/mol. The number of nitrogens with two attached hydrogens (primary N) is 1. The molecule has 0 amide bonds. The largest absolute Gasteiger partial charge is 0.472 e. The third kappa shape index (κ3) is 4.78. The van der Waals surface area contributed by atoms with E-state index in [1.54, 1.807) is 0 Å². The molecule has 42 heavy (non-hydrogen) atoms. The summed E-state index contributed by atoms with van der Waals surface area (Å²) in [5.41, 5.74) is 3.75. The third-order valence-corrected chi connectivity index (χ3v) is 7.74. The topological polar surface area (TPSA) is 268 Å². The van der Waals surface area contributed by atoms with Gasteiger partial charge in [-0.3, -0.25) is 32.8 Å². The van der Waals surface area contributed by atoms with E-state index in [4.69, 9.17) is 24.3 Å². The number of hydrogen-bond donors (Lipinski definition) is 6. The molecule has 2 aliphatic rings. The molecule has 0 bridgehead atoms. The van der Waals surface area contributed by atoms with Crippen LogP contribution in [-0.4, -0.2) is 104 Å². The van der Waals surface area contributed by atoms with E-state index in [0.29, 0.717) is 0 Å². The highest BCUT2D eigenvalue weighted by molar-refractivity contribution is 7.47. The molecule has 22 heteroatoms. The molecule has 19 nitrogen and oxygen atoms in total. The summed E-state index contributed by atoms with van der Waals surface area (Å²) in [7, 11) is -5.20. The summed E-state index contributed by atoms with van der Waals surface area (Å²) < 4.78 is 66.1. The second-order valence-corrected chi connectivity index (χ2v) is 10.8. The lowest BCUT2D eigenvalue weighted by Crippen LogP contribution is -2.33. The van der Waals surface area contributed by atoms with Crippen LogP contribution in [0.15, 0.2) is 28.6 Å². The number of phosphoric acid groups is 1. The number of alkyl halides is 2. The van der Waals surface area contributed by atoms with Crippen molar-refractivity contribution in [1.82, 2.24) is 39.0 Å². The number of H-pyrrole nitrogens is 2. The number of hydrogen-bond acceptors (Lipinski definition) is 14. The average molecular weight is 617 g/mol. The summed E-state index contributed by atoms with van der Waals surface area (Å²) in [4.78, 5) is 54.6. The standard InChI is InChI=1S/C20H22F2N9O10P/c21-8-6(1-32)39-19(31-5-27-11-15(31)28-20(23)29-17(11)35)13(8)41-42(36,37)38-2-7-12(33)9(22)18(40-7)30-4-26-10-14(30)24-3-25-16(10)34/h3-9,12-13,18-19,32-33H,1-2H2,(H,36,37)(H,24,25,34)(H3,23,28,29,35)/t6-,7-,8-,9+,12-,13-,18+,19-/m1/s1. The number of nitrogens with one attached hydrogen (secondary N) is 2. The number of anilines is 1. The van der Waals surface area contributed by atoms with Crippen molar-refractivity contribution < 1.29 is 47.0 Å². The fourth-order valence-corrected chi connectivity index (χ4v) is 5.70. The van der Waals surface area contributed by atoms with E-state index >= 15 is 8.78 Å². The Morgan fingerprint density at radius 2 is 1.69 bits per heavy atom. The highest BCUT2D eigenvalue weighted by atomic mass is 31.2. The summed E-state index contributed by atoms with van der Waals surface area (Å²) in [6, 6.07) is 0. The van der Waals surface area contributed by atoms with Crippen molar-refractivity contribution in [3.8, 4) is 0 Å². The minimum absolute atomic E-state index is 0.0405. The number of nitrogens with zero attached hydrogens (tertiary/aromatic N) is 6. The molecule has 7 N–H and O–H groups in total. The number of rotatable bonds is 8.